The molecule has 1 aliphatic carbocycles. The minimum Gasteiger partial charge on any atom is -0.339 e. The summed E-state index contributed by atoms with van der Waals surface area (Å²) in [6.45, 7) is 3.56. The zero-order chi connectivity index (χ0) is 20.5. The maximum atomic E-state index is 14.3. The van der Waals surface area contributed by atoms with Crippen LogP contribution in [-0.4, -0.2) is 52.8 Å². The first-order chi connectivity index (χ1) is 13.9. The van der Waals surface area contributed by atoms with Crippen LogP contribution in [0, 0.1) is 18.7 Å². The fourth-order valence-corrected chi connectivity index (χ4v) is 4.55. The molecule has 2 heterocycles. The molecule has 1 saturated heterocycles. The predicted molar refractivity (Wildman–Crippen MR) is 108 cm³/mol. The number of nitrogens with zero attached hydrogens (tertiary/aromatic N) is 2. The monoisotopic (exact) mass is 399 g/mol. The number of fused-ring (bicyclic) bond motifs is 1. The van der Waals surface area contributed by atoms with Gasteiger partial charge in [0, 0.05) is 44.1 Å². The van der Waals surface area contributed by atoms with Gasteiger partial charge in [0.15, 0.2) is 0 Å². The Morgan fingerprint density at radius 3 is 2.41 bits per heavy atom. The maximum Gasteiger partial charge on any atom is 0.254 e. The number of benzene rings is 1. The lowest BCUT2D eigenvalue weighted by Gasteiger charge is -2.35. The summed E-state index contributed by atoms with van der Waals surface area (Å²) in [6.07, 6.45) is 5.30. The molecule has 154 valence electrons. The van der Waals surface area contributed by atoms with Crippen LogP contribution in [0.2, 0.25) is 0 Å². The van der Waals surface area contributed by atoms with Crippen molar-refractivity contribution < 1.29 is 14.0 Å². The molecule has 0 bridgehead atoms. The van der Waals surface area contributed by atoms with Crippen molar-refractivity contribution in [3.8, 4) is 0 Å². The second-order valence-corrected chi connectivity index (χ2v) is 8.24. The quantitative estimate of drug-likeness (QED) is 0.863. The van der Waals surface area contributed by atoms with Gasteiger partial charge in [-0.05, 0) is 43.4 Å². The van der Waals surface area contributed by atoms with Crippen LogP contribution in [0.15, 0.2) is 23.0 Å². The first kappa shape index (κ1) is 19.6. The third kappa shape index (κ3) is 4.04. The summed E-state index contributed by atoms with van der Waals surface area (Å²) in [5, 5.41) is 0.409. The maximum absolute atomic E-state index is 14.3. The highest BCUT2D eigenvalue weighted by molar-refractivity contribution is 6.06. The van der Waals surface area contributed by atoms with Gasteiger partial charge in [-0.15, -0.1) is 0 Å². The molecule has 2 amide bonds. The molecule has 7 heteroatoms. The second-order valence-electron chi connectivity index (χ2n) is 8.24. The number of carbonyl (C=O) groups excluding carboxylic acids is 2. The van der Waals surface area contributed by atoms with Crippen LogP contribution in [0.5, 0.6) is 0 Å². The van der Waals surface area contributed by atoms with Crippen molar-refractivity contribution in [1.29, 1.82) is 0 Å². The Hall–Kier alpha value is -2.70. The standard InChI is InChI=1S/C22H26FN3O3/c1-14-10-16-17(13-19(27)24-21(16)18(23)11-14)22(29)26-8-6-25(7-9-26)20(28)12-15-4-2-3-5-15/h10-11,13,15H,2-9,12H2,1H3,(H,24,27). The Bertz CT molecular complexity index is 1000. The number of rotatable bonds is 3. The van der Waals surface area contributed by atoms with E-state index >= 15 is 0 Å². The molecule has 2 fully saturated rings. The van der Waals surface area contributed by atoms with Crippen molar-refractivity contribution in [1.82, 2.24) is 14.8 Å². The lowest BCUT2D eigenvalue weighted by Crippen LogP contribution is -2.51. The topological polar surface area (TPSA) is 73.5 Å². The van der Waals surface area contributed by atoms with E-state index in [0.29, 0.717) is 49.5 Å². The van der Waals surface area contributed by atoms with Gasteiger partial charge in [-0.3, -0.25) is 14.4 Å². The average molecular weight is 399 g/mol. The molecule has 2 aliphatic rings. The smallest absolute Gasteiger partial charge is 0.254 e. The Kier molecular flexibility index (Phi) is 5.39. The molecule has 0 spiro atoms. The first-order valence-electron chi connectivity index (χ1n) is 10.3. The Morgan fingerprint density at radius 2 is 1.72 bits per heavy atom. The van der Waals surface area contributed by atoms with Crippen LogP contribution >= 0.6 is 0 Å². The number of aromatic nitrogens is 1. The highest BCUT2D eigenvalue weighted by Crippen LogP contribution is 2.28. The summed E-state index contributed by atoms with van der Waals surface area (Å²) in [4.78, 5) is 43.6. The van der Waals surface area contributed by atoms with E-state index in [0.717, 1.165) is 12.8 Å². The highest BCUT2D eigenvalue weighted by atomic mass is 19.1. The van der Waals surface area contributed by atoms with Gasteiger partial charge in [-0.1, -0.05) is 12.8 Å². The van der Waals surface area contributed by atoms with Gasteiger partial charge in [0.1, 0.15) is 5.82 Å². The summed E-state index contributed by atoms with van der Waals surface area (Å²) in [5.41, 5.74) is 0.432. The average Bonchev–Trinajstić information content (AvgIpc) is 3.20. The fourth-order valence-electron chi connectivity index (χ4n) is 4.55. The SMILES string of the molecule is Cc1cc(F)c2[nH]c(=O)cc(C(=O)N3CCN(C(=O)CC4CCCC4)CC3)c2c1. The molecular weight excluding hydrogens is 373 g/mol. The highest BCUT2D eigenvalue weighted by Gasteiger charge is 2.28. The minimum absolute atomic E-state index is 0.0526. The Balaban J connectivity index is 1.49. The third-order valence-electron chi connectivity index (χ3n) is 6.14. The number of aromatic amines is 1. The molecular formula is C22H26FN3O3. The van der Waals surface area contributed by atoms with Crippen LogP contribution in [-0.2, 0) is 4.79 Å². The summed E-state index contributed by atoms with van der Waals surface area (Å²) in [5.74, 6) is -0.172. The summed E-state index contributed by atoms with van der Waals surface area (Å²) in [6, 6.07) is 4.28. The van der Waals surface area contributed by atoms with Crippen LogP contribution in [0.25, 0.3) is 10.9 Å². The first-order valence-corrected chi connectivity index (χ1v) is 10.3. The van der Waals surface area contributed by atoms with Gasteiger partial charge in [0.05, 0.1) is 11.1 Å². The van der Waals surface area contributed by atoms with Crippen LogP contribution < -0.4 is 5.56 Å². The van der Waals surface area contributed by atoms with Gasteiger partial charge in [-0.25, -0.2) is 4.39 Å². The van der Waals surface area contributed by atoms with E-state index < -0.39 is 11.4 Å². The molecule has 2 aromatic rings. The van der Waals surface area contributed by atoms with Crippen molar-refractivity contribution in [2.45, 2.75) is 39.0 Å². The number of hydrogen-bond acceptors (Lipinski definition) is 3. The van der Waals surface area contributed by atoms with Crippen LogP contribution in [0.1, 0.15) is 48.0 Å². The number of piperazine rings is 1. The summed E-state index contributed by atoms with van der Waals surface area (Å²) >= 11 is 0. The fraction of sp³-hybridized carbons (Fsp3) is 0.500. The van der Waals surface area contributed by atoms with E-state index in [-0.39, 0.29) is 22.9 Å². The molecule has 0 radical (unpaired) electrons. The number of H-pyrrole nitrogens is 1. The zero-order valence-electron chi connectivity index (χ0n) is 16.7. The van der Waals surface area contributed by atoms with Crippen molar-refractivity contribution in [3.63, 3.8) is 0 Å². The van der Waals surface area contributed by atoms with E-state index in [9.17, 15) is 18.8 Å². The number of amides is 2. The number of halogens is 1. The molecule has 1 N–H and O–H groups in total. The molecule has 1 aromatic heterocycles. The third-order valence-corrected chi connectivity index (χ3v) is 6.14. The number of aryl methyl sites for hydroxylation is 1. The normalized spacial score (nSPS) is 17.9. The van der Waals surface area contributed by atoms with Gasteiger partial charge in [-0.2, -0.15) is 0 Å². The molecule has 6 nitrogen and oxygen atoms in total. The summed E-state index contributed by atoms with van der Waals surface area (Å²) < 4.78 is 14.3. The van der Waals surface area contributed by atoms with Gasteiger partial charge < -0.3 is 14.8 Å². The van der Waals surface area contributed by atoms with Crippen molar-refractivity contribution in [3.05, 3.63) is 45.5 Å². The number of hydrogen-bond donors (Lipinski definition) is 1. The van der Waals surface area contributed by atoms with Crippen LogP contribution in [0.4, 0.5) is 4.39 Å². The largest absolute Gasteiger partial charge is 0.339 e. The molecule has 1 aromatic carbocycles. The van der Waals surface area contributed by atoms with Gasteiger partial charge in [0.2, 0.25) is 11.5 Å². The molecule has 4 rings (SSSR count). The molecule has 0 atom stereocenters. The Labute approximate surface area is 168 Å². The van der Waals surface area contributed by atoms with E-state index in [1.807, 2.05) is 4.90 Å². The van der Waals surface area contributed by atoms with Gasteiger partial charge >= 0.3 is 0 Å². The zero-order valence-corrected chi connectivity index (χ0v) is 16.7. The number of pyridine rings is 1. The summed E-state index contributed by atoms with van der Waals surface area (Å²) in [7, 11) is 0. The van der Waals surface area contributed by atoms with Gasteiger partial charge in [0.25, 0.3) is 5.91 Å². The van der Waals surface area contributed by atoms with Crippen molar-refractivity contribution >= 4 is 22.7 Å². The molecule has 0 unspecified atom stereocenters. The lowest BCUT2D eigenvalue weighted by molar-refractivity contribution is -0.133. The van der Waals surface area contributed by atoms with Crippen molar-refractivity contribution in [2.24, 2.45) is 5.92 Å². The number of nitrogens with one attached hydrogen (secondary N) is 1. The van der Waals surface area contributed by atoms with Crippen molar-refractivity contribution in [2.75, 3.05) is 26.2 Å². The van der Waals surface area contributed by atoms with E-state index in [4.69, 9.17) is 0 Å². The van der Waals surface area contributed by atoms with E-state index in [1.165, 1.54) is 25.0 Å². The predicted octanol–water partition coefficient (Wildman–Crippen LogP) is 2.84. The lowest BCUT2D eigenvalue weighted by atomic mass is 10.0. The minimum atomic E-state index is -0.547. The number of carbonyl (C=O) groups is 2. The molecule has 1 aliphatic heterocycles. The van der Waals surface area contributed by atoms with E-state index in [2.05, 4.69) is 4.98 Å². The Morgan fingerprint density at radius 1 is 1.07 bits per heavy atom. The van der Waals surface area contributed by atoms with Crippen LogP contribution in [0.3, 0.4) is 0 Å². The molecule has 1 saturated carbocycles. The molecule has 29 heavy (non-hydrogen) atoms. The second kappa shape index (κ2) is 7.97. The van der Waals surface area contributed by atoms with E-state index in [1.54, 1.807) is 17.9 Å².